The normalized spacial score (nSPS) is 33.9. The minimum Gasteiger partial charge on any atom is -0.355 e. The number of piperazine rings is 1. The predicted octanol–water partition coefficient (Wildman–Crippen LogP) is 0.565. The third kappa shape index (κ3) is 1.67. The van der Waals surface area contributed by atoms with Crippen LogP contribution in [0.5, 0.6) is 0 Å². The van der Waals surface area contributed by atoms with Crippen molar-refractivity contribution >= 4 is 17.1 Å². The standard InChI is InChI=1S/C15H20N6O/c1-2-22-15(20-7-10-5-11(8-20)17-10)4-3-13-12-6-16-18-14(12)19-21(13)9-15/h3-4,6,10-11,17H,2,5,7-9H2,1H3,(H,18,19). The van der Waals surface area contributed by atoms with Crippen LogP contribution in [-0.4, -0.2) is 62.4 Å². The fraction of sp³-hybridized carbons (Fsp3) is 0.600. The molecule has 0 spiro atoms. The first-order valence-electron chi connectivity index (χ1n) is 8.01. The third-order valence-corrected chi connectivity index (χ3v) is 5.12. The molecule has 2 N–H and O–H groups in total. The fourth-order valence-electron chi connectivity index (χ4n) is 4.09. The van der Waals surface area contributed by atoms with Crippen molar-refractivity contribution in [1.82, 2.24) is 30.2 Å². The number of nitrogens with zero attached hydrogens (tertiary/aromatic N) is 4. The number of fused-ring (bicyclic) bond motifs is 5. The summed E-state index contributed by atoms with van der Waals surface area (Å²) in [4.78, 5) is 2.47. The van der Waals surface area contributed by atoms with E-state index >= 15 is 0 Å². The molecule has 2 aromatic rings. The van der Waals surface area contributed by atoms with E-state index in [2.05, 4.69) is 44.6 Å². The van der Waals surface area contributed by atoms with Crippen LogP contribution in [0.2, 0.25) is 0 Å². The molecule has 6 heterocycles. The zero-order chi connectivity index (χ0) is 14.7. The number of ether oxygens (including phenoxy) is 1. The maximum atomic E-state index is 6.23. The van der Waals surface area contributed by atoms with Crippen molar-refractivity contribution in [2.45, 2.75) is 37.7 Å². The van der Waals surface area contributed by atoms with Crippen LogP contribution < -0.4 is 5.32 Å². The van der Waals surface area contributed by atoms with Crippen LogP contribution in [0.3, 0.4) is 0 Å². The second-order valence-corrected chi connectivity index (χ2v) is 6.49. The Morgan fingerprint density at radius 1 is 1.41 bits per heavy atom. The Labute approximate surface area is 128 Å². The van der Waals surface area contributed by atoms with Crippen molar-refractivity contribution < 1.29 is 4.74 Å². The van der Waals surface area contributed by atoms with Gasteiger partial charge in [0, 0.05) is 31.8 Å². The molecule has 3 unspecified atom stereocenters. The number of hydrogen-bond donors (Lipinski definition) is 2. The first kappa shape index (κ1) is 12.8. The number of hydrogen-bond acceptors (Lipinski definition) is 5. The van der Waals surface area contributed by atoms with E-state index in [1.807, 2.05) is 10.9 Å². The van der Waals surface area contributed by atoms with Gasteiger partial charge in [-0.3, -0.25) is 14.7 Å². The van der Waals surface area contributed by atoms with E-state index < -0.39 is 0 Å². The van der Waals surface area contributed by atoms with Crippen LogP contribution in [0.15, 0.2) is 12.3 Å². The second-order valence-electron chi connectivity index (χ2n) is 6.49. The van der Waals surface area contributed by atoms with Gasteiger partial charge >= 0.3 is 0 Å². The predicted molar refractivity (Wildman–Crippen MR) is 82.2 cm³/mol. The lowest BCUT2D eigenvalue weighted by Crippen LogP contribution is -2.71. The molecule has 22 heavy (non-hydrogen) atoms. The SMILES string of the molecule is CCOC1(N2CC3CC(C2)N3)C=Cc2c3cn[nH]c3nn2C1. The molecule has 3 fully saturated rings. The van der Waals surface area contributed by atoms with Crippen molar-refractivity contribution in [3.63, 3.8) is 0 Å². The average molecular weight is 300 g/mol. The van der Waals surface area contributed by atoms with Crippen molar-refractivity contribution in [2.75, 3.05) is 19.7 Å². The summed E-state index contributed by atoms with van der Waals surface area (Å²) in [6.07, 6.45) is 7.48. The average Bonchev–Trinajstić information content (AvgIpc) is 3.07. The van der Waals surface area contributed by atoms with E-state index in [4.69, 9.17) is 4.74 Å². The molecule has 116 valence electrons. The summed E-state index contributed by atoms with van der Waals surface area (Å²) in [5.41, 5.74) is 1.58. The largest absolute Gasteiger partial charge is 0.355 e. The van der Waals surface area contributed by atoms with Gasteiger partial charge in [0.25, 0.3) is 0 Å². The molecule has 4 aliphatic rings. The summed E-state index contributed by atoms with van der Waals surface area (Å²) in [6, 6.07) is 1.23. The molecule has 2 bridgehead atoms. The zero-order valence-corrected chi connectivity index (χ0v) is 12.6. The van der Waals surface area contributed by atoms with Crippen LogP contribution in [0, 0.1) is 0 Å². The highest BCUT2D eigenvalue weighted by molar-refractivity contribution is 5.84. The van der Waals surface area contributed by atoms with Crippen LogP contribution in [0.4, 0.5) is 0 Å². The Balaban J connectivity index is 1.53. The summed E-state index contributed by atoms with van der Waals surface area (Å²) in [7, 11) is 0. The fourth-order valence-corrected chi connectivity index (χ4v) is 4.09. The molecule has 4 aliphatic heterocycles. The summed E-state index contributed by atoms with van der Waals surface area (Å²) >= 11 is 0. The van der Waals surface area contributed by atoms with Crippen molar-refractivity contribution in [3.8, 4) is 0 Å². The zero-order valence-electron chi connectivity index (χ0n) is 12.6. The molecular formula is C15H20N6O. The number of aromatic nitrogens is 4. The molecular weight excluding hydrogens is 280 g/mol. The van der Waals surface area contributed by atoms with Gasteiger partial charge in [-0.15, -0.1) is 0 Å². The molecule has 0 amide bonds. The van der Waals surface area contributed by atoms with E-state index in [1.54, 1.807) is 0 Å². The van der Waals surface area contributed by atoms with Gasteiger partial charge in [0.2, 0.25) is 0 Å². The summed E-state index contributed by atoms with van der Waals surface area (Å²) in [5, 5.41) is 16.3. The first-order valence-corrected chi connectivity index (χ1v) is 8.01. The van der Waals surface area contributed by atoms with E-state index in [0.29, 0.717) is 18.7 Å². The summed E-state index contributed by atoms with van der Waals surface area (Å²) in [6.45, 7) is 5.56. The maximum Gasteiger partial charge on any atom is 0.177 e. The van der Waals surface area contributed by atoms with Gasteiger partial charge in [0.1, 0.15) is 0 Å². The van der Waals surface area contributed by atoms with Crippen molar-refractivity contribution in [2.24, 2.45) is 0 Å². The molecule has 0 aromatic carbocycles. The van der Waals surface area contributed by atoms with Gasteiger partial charge in [0.05, 0.1) is 23.8 Å². The lowest BCUT2D eigenvalue weighted by molar-refractivity contribution is -0.156. The van der Waals surface area contributed by atoms with Crippen LogP contribution in [0.25, 0.3) is 17.1 Å². The highest BCUT2D eigenvalue weighted by Gasteiger charge is 2.46. The minimum atomic E-state index is -0.377. The van der Waals surface area contributed by atoms with E-state index in [1.165, 1.54) is 6.42 Å². The molecule has 3 saturated heterocycles. The van der Waals surface area contributed by atoms with Gasteiger partial charge in [-0.1, -0.05) is 0 Å². The van der Waals surface area contributed by atoms with Gasteiger partial charge in [-0.2, -0.15) is 10.2 Å². The Bertz CT molecular complexity index is 732. The highest BCUT2D eigenvalue weighted by Crippen LogP contribution is 2.34. The lowest BCUT2D eigenvalue weighted by Gasteiger charge is -2.54. The lowest BCUT2D eigenvalue weighted by atomic mass is 9.89. The van der Waals surface area contributed by atoms with E-state index in [-0.39, 0.29) is 5.72 Å². The van der Waals surface area contributed by atoms with Gasteiger partial charge in [-0.05, 0) is 25.5 Å². The third-order valence-electron chi connectivity index (χ3n) is 5.12. The summed E-state index contributed by atoms with van der Waals surface area (Å²) < 4.78 is 8.28. The quantitative estimate of drug-likeness (QED) is 0.867. The molecule has 2 aromatic heterocycles. The molecule has 7 nitrogen and oxygen atoms in total. The molecule has 0 radical (unpaired) electrons. The number of nitrogens with one attached hydrogen (secondary N) is 2. The van der Waals surface area contributed by atoms with Gasteiger partial charge < -0.3 is 10.1 Å². The highest BCUT2D eigenvalue weighted by atomic mass is 16.5. The maximum absolute atomic E-state index is 6.23. The number of rotatable bonds is 3. The monoisotopic (exact) mass is 300 g/mol. The molecule has 6 rings (SSSR count). The molecule has 7 heteroatoms. The van der Waals surface area contributed by atoms with Crippen molar-refractivity contribution in [1.29, 1.82) is 0 Å². The van der Waals surface area contributed by atoms with Gasteiger partial charge in [0.15, 0.2) is 11.4 Å². The van der Waals surface area contributed by atoms with Gasteiger partial charge in [-0.25, -0.2) is 0 Å². The number of piperidine rings is 1. The Morgan fingerprint density at radius 3 is 3.00 bits per heavy atom. The van der Waals surface area contributed by atoms with Crippen LogP contribution >= 0.6 is 0 Å². The number of H-pyrrole nitrogens is 1. The van der Waals surface area contributed by atoms with Crippen molar-refractivity contribution in [3.05, 3.63) is 18.0 Å². The Morgan fingerprint density at radius 2 is 2.23 bits per heavy atom. The smallest absolute Gasteiger partial charge is 0.177 e. The molecule has 0 saturated carbocycles. The molecule has 0 aliphatic carbocycles. The second kappa shape index (κ2) is 4.41. The Hall–Kier alpha value is -1.70. The Kier molecular flexibility index (Phi) is 2.56. The van der Waals surface area contributed by atoms with E-state index in [9.17, 15) is 0 Å². The molecule has 3 atom stereocenters. The van der Waals surface area contributed by atoms with Crippen LogP contribution in [-0.2, 0) is 11.3 Å². The van der Waals surface area contributed by atoms with Crippen LogP contribution in [0.1, 0.15) is 19.0 Å². The number of aromatic amines is 1. The topological polar surface area (TPSA) is 71.0 Å². The summed E-state index contributed by atoms with van der Waals surface area (Å²) in [5.74, 6) is 0. The van der Waals surface area contributed by atoms with E-state index in [0.717, 1.165) is 36.4 Å². The minimum absolute atomic E-state index is 0.377. The first-order chi connectivity index (χ1) is 10.8.